The lowest BCUT2D eigenvalue weighted by atomic mass is 10.4. The zero-order chi connectivity index (χ0) is 4.41. The third-order valence-corrected chi connectivity index (χ3v) is 0.688. The monoisotopic (exact) mass is 85.1 g/mol. The van der Waals surface area contributed by atoms with Gasteiger partial charge in [-0.3, -0.25) is 10.3 Å². The topological polar surface area (TPSA) is 21.3 Å². The van der Waals surface area contributed by atoms with Crippen molar-refractivity contribution in [3.05, 3.63) is 11.8 Å². The van der Waals surface area contributed by atoms with Crippen LogP contribution in [-0.4, -0.2) is 6.61 Å². The number of hydroxylamine groups is 1. The van der Waals surface area contributed by atoms with Crippen LogP contribution in [0.25, 0.3) is 0 Å². The highest BCUT2D eigenvalue weighted by Crippen LogP contribution is 1.94. The largest absolute Gasteiger partial charge is 0.274 e. The van der Waals surface area contributed by atoms with Crippen LogP contribution in [0.1, 0.15) is 6.92 Å². The first-order valence-corrected chi connectivity index (χ1v) is 1.92. The molecule has 0 aliphatic carbocycles. The zero-order valence-electron chi connectivity index (χ0n) is 3.69. The molecule has 0 aromatic heterocycles. The maximum atomic E-state index is 4.71. The van der Waals surface area contributed by atoms with Gasteiger partial charge in [-0.1, -0.05) is 0 Å². The SMILES string of the molecule is CC1=CNOC1. The minimum absolute atomic E-state index is 0.736. The van der Waals surface area contributed by atoms with Gasteiger partial charge in [0.1, 0.15) is 0 Å². The minimum Gasteiger partial charge on any atom is -0.274 e. The molecule has 34 valence electrons. The van der Waals surface area contributed by atoms with Gasteiger partial charge in [-0.05, 0) is 12.5 Å². The van der Waals surface area contributed by atoms with Crippen LogP contribution in [-0.2, 0) is 4.84 Å². The van der Waals surface area contributed by atoms with E-state index < -0.39 is 0 Å². The van der Waals surface area contributed by atoms with Crippen molar-refractivity contribution in [2.24, 2.45) is 0 Å². The molecular weight excluding hydrogens is 78.0 g/mol. The minimum atomic E-state index is 0.736. The van der Waals surface area contributed by atoms with Crippen LogP contribution in [0.15, 0.2) is 11.8 Å². The van der Waals surface area contributed by atoms with Gasteiger partial charge in [-0.2, -0.15) is 0 Å². The smallest absolute Gasteiger partial charge is 0.0971 e. The molecule has 0 unspecified atom stereocenters. The highest BCUT2D eigenvalue weighted by Gasteiger charge is 1.93. The Bertz CT molecular complexity index is 77.6. The quantitative estimate of drug-likeness (QED) is 0.460. The second kappa shape index (κ2) is 1.30. The number of rotatable bonds is 0. The van der Waals surface area contributed by atoms with Crippen molar-refractivity contribution in [2.45, 2.75) is 6.92 Å². The fraction of sp³-hybridized carbons (Fsp3) is 0.500. The molecule has 0 amide bonds. The van der Waals surface area contributed by atoms with Crippen molar-refractivity contribution in [3.63, 3.8) is 0 Å². The Morgan fingerprint density at radius 1 is 2.00 bits per heavy atom. The van der Waals surface area contributed by atoms with Gasteiger partial charge in [0.2, 0.25) is 0 Å². The van der Waals surface area contributed by atoms with E-state index in [9.17, 15) is 0 Å². The standard InChI is InChI=1S/C4H7NO/c1-4-2-5-6-3-4/h2,5H,3H2,1H3. The molecule has 0 spiro atoms. The summed E-state index contributed by atoms with van der Waals surface area (Å²) in [5, 5.41) is 0. The highest BCUT2D eigenvalue weighted by atomic mass is 16.6. The Balaban J connectivity index is 2.45. The molecule has 1 rings (SSSR count). The maximum absolute atomic E-state index is 4.71. The Morgan fingerprint density at radius 2 is 2.83 bits per heavy atom. The summed E-state index contributed by atoms with van der Waals surface area (Å²) >= 11 is 0. The first-order chi connectivity index (χ1) is 2.89. The molecule has 2 heteroatoms. The van der Waals surface area contributed by atoms with Crippen molar-refractivity contribution in [1.82, 2.24) is 5.48 Å². The molecule has 0 aromatic carbocycles. The van der Waals surface area contributed by atoms with Gasteiger partial charge in [-0.25, -0.2) is 0 Å². The van der Waals surface area contributed by atoms with Gasteiger partial charge in [0.15, 0.2) is 0 Å². The molecule has 0 aromatic rings. The molecule has 1 heterocycles. The average Bonchev–Trinajstić information content (AvgIpc) is 1.86. The molecule has 0 bridgehead atoms. The Morgan fingerprint density at radius 3 is 3.00 bits per heavy atom. The van der Waals surface area contributed by atoms with Crippen molar-refractivity contribution < 1.29 is 4.84 Å². The van der Waals surface area contributed by atoms with Gasteiger partial charge in [-0.15, -0.1) is 0 Å². The third-order valence-electron chi connectivity index (χ3n) is 0.688. The van der Waals surface area contributed by atoms with E-state index in [-0.39, 0.29) is 0 Å². The van der Waals surface area contributed by atoms with Gasteiger partial charge in [0, 0.05) is 6.20 Å². The molecule has 1 aliphatic rings. The summed E-state index contributed by atoms with van der Waals surface area (Å²) in [7, 11) is 0. The molecule has 0 fully saturated rings. The summed E-state index contributed by atoms with van der Waals surface area (Å²) in [5.41, 5.74) is 3.86. The summed E-state index contributed by atoms with van der Waals surface area (Å²) in [6, 6.07) is 0. The van der Waals surface area contributed by atoms with Gasteiger partial charge < -0.3 is 0 Å². The van der Waals surface area contributed by atoms with Crippen LogP contribution in [0.3, 0.4) is 0 Å². The Labute approximate surface area is 36.8 Å². The normalized spacial score (nSPS) is 19.8. The maximum Gasteiger partial charge on any atom is 0.0971 e. The van der Waals surface area contributed by atoms with E-state index in [1.165, 1.54) is 5.57 Å². The Kier molecular flexibility index (Phi) is 0.801. The molecular formula is C4H7NO. The van der Waals surface area contributed by atoms with Crippen LogP contribution in [0.5, 0.6) is 0 Å². The van der Waals surface area contributed by atoms with E-state index >= 15 is 0 Å². The fourth-order valence-electron chi connectivity index (χ4n) is 0.339. The van der Waals surface area contributed by atoms with Crippen LogP contribution >= 0.6 is 0 Å². The average molecular weight is 85.1 g/mol. The van der Waals surface area contributed by atoms with Gasteiger partial charge in [0.05, 0.1) is 6.61 Å². The summed E-state index contributed by atoms with van der Waals surface area (Å²) in [6.07, 6.45) is 1.85. The second-order valence-corrected chi connectivity index (χ2v) is 1.40. The van der Waals surface area contributed by atoms with Gasteiger partial charge >= 0.3 is 0 Å². The lowest BCUT2D eigenvalue weighted by molar-refractivity contribution is 0.113. The first-order valence-electron chi connectivity index (χ1n) is 1.92. The molecule has 0 saturated heterocycles. The predicted octanol–water partition coefficient (Wildman–Crippen LogP) is 0.425. The third kappa shape index (κ3) is 0.518. The summed E-state index contributed by atoms with van der Waals surface area (Å²) < 4.78 is 0. The van der Waals surface area contributed by atoms with E-state index in [4.69, 9.17) is 4.84 Å². The fourth-order valence-corrected chi connectivity index (χ4v) is 0.339. The number of nitrogens with one attached hydrogen (secondary N) is 1. The van der Waals surface area contributed by atoms with Crippen molar-refractivity contribution >= 4 is 0 Å². The van der Waals surface area contributed by atoms with E-state index in [0.717, 1.165) is 6.61 Å². The molecule has 1 N–H and O–H groups in total. The molecule has 2 nitrogen and oxygen atoms in total. The van der Waals surface area contributed by atoms with E-state index in [1.807, 2.05) is 13.1 Å². The van der Waals surface area contributed by atoms with Crippen molar-refractivity contribution in [3.8, 4) is 0 Å². The van der Waals surface area contributed by atoms with Crippen molar-refractivity contribution in [1.29, 1.82) is 0 Å². The second-order valence-electron chi connectivity index (χ2n) is 1.40. The van der Waals surface area contributed by atoms with E-state index in [0.29, 0.717) is 0 Å². The van der Waals surface area contributed by atoms with Crippen LogP contribution < -0.4 is 5.48 Å². The Hall–Kier alpha value is -0.500. The highest BCUT2D eigenvalue weighted by molar-refractivity contribution is 4.98. The van der Waals surface area contributed by atoms with E-state index in [1.54, 1.807) is 0 Å². The molecule has 0 saturated carbocycles. The first kappa shape index (κ1) is 3.68. The van der Waals surface area contributed by atoms with Crippen molar-refractivity contribution in [2.75, 3.05) is 6.61 Å². The number of hydrogen-bond acceptors (Lipinski definition) is 2. The molecule has 1 aliphatic heterocycles. The molecule has 6 heavy (non-hydrogen) atoms. The molecule has 0 atom stereocenters. The summed E-state index contributed by atoms with van der Waals surface area (Å²) in [4.78, 5) is 4.71. The predicted molar refractivity (Wildman–Crippen MR) is 22.8 cm³/mol. The van der Waals surface area contributed by atoms with Crippen LogP contribution in [0.2, 0.25) is 0 Å². The van der Waals surface area contributed by atoms with Crippen LogP contribution in [0.4, 0.5) is 0 Å². The summed E-state index contributed by atoms with van der Waals surface area (Å²) in [6.45, 7) is 2.75. The van der Waals surface area contributed by atoms with Crippen LogP contribution in [0, 0.1) is 0 Å². The summed E-state index contributed by atoms with van der Waals surface area (Å²) in [5.74, 6) is 0. The van der Waals surface area contributed by atoms with Gasteiger partial charge in [0.25, 0.3) is 0 Å². The zero-order valence-corrected chi connectivity index (χ0v) is 3.69. The lowest BCUT2D eigenvalue weighted by Crippen LogP contribution is -1.96. The molecule has 0 radical (unpaired) electrons. The number of hydrogen-bond donors (Lipinski definition) is 1. The van der Waals surface area contributed by atoms with E-state index in [2.05, 4.69) is 5.48 Å². The lowest BCUT2D eigenvalue weighted by Gasteiger charge is -1.83.